The van der Waals surface area contributed by atoms with Gasteiger partial charge in [-0.1, -0.05) is 24.3 Å². The Bertz CT molecular complexity index is 785. The Balaban J connectivity index is 1.51. The number of benzene rings is 1. The van der Waals surface area contributed by atoms with Crippen LogP contribution in [0.2, 0.25) is 0 Å². The van der Waals surface area contributed by atoms with E-state index >= 15 is 0 Å². The fourth-order valence-corrected chi connectivity index (χ4v) is 4.93. The molecular formula is C21H24N2O3S. The lowest BCUT2D eigenvalue weighted by Gasteiger charge is -2.37. The minimum absolute atomic E-state index is 0.00882. The Morgan fingerprint density at radius 3 is 2.63 bits per heavy atom. The summed E-state index contributed by atoms with van der Waals surface area (Å²) in [5, 5.41) is 5.03. The van der Waals surface area contributed by atoms with E-state index < -0.39 is 0 Å². The molecule has 2 saturated heterocycles. The van der Waals surface area contributed by atoms with Gasteiger partial charge in [-0.05, 0) is 36.4 Å². The van der Waals surface area contributed by atoms with Gasteiger partial charge < -0.3 is 15.0 Å². The van der Waals surface area contributed by atoms with E-state index in [1.807, 2.05) is 52.7 Å². The number of carbonyl (C=O) groups excluding carboxylic acids is 2. The molecule has 0 bridgehead atoms. The summed E-state index contributed by atoms with van der Waals surface area (Å²) >= 11 is 1.60. The third-order valence-electron chi connectivity index (χ3n) is 5.75. The predicted octanol–water partition coefficient (Wildman–Crippen LogP) is 3.18. The number of anilines is 1. The second kappa shape index (κ2) is 7.82. The fourth-order valence-electron chi connectivity index (χ4n) is 4.23. The van der Waals surface area contributed by atoms with E-state index in [0.29, 0.717) is 32.7 Å². The van der Waals surface area contributed by atoms with Crippen LogP contribution >= 0.6 is 11.3 Å². The molecule has 3 heterocycles. The highest BCUT2D eigenvalue weighted by Crippen LogP contribution is 2.45. The number of hydrogen-bond acceptors (Lipinski definition) is 4. The van der Waals surface area contributed by atoms with Crippen LogP contribution in [0.3, 0.4) is 0 Å². The molecule has 2 amide bonds. The van der Waals surface area contributed by atoms with E-state index in [1.165, 1.54) is 0 Å². The molecule has 5 nitrogen and oxygen atoms in total. The van der Waals surface area contributed by atoms with Crippen LogP contribution in [0.5, 0.6) is 0 Å². The zero-order valence-electron chi connectivity index (χ0n) is 15.2. The molecule has 0 aliphatic carbocycles. The van der Waals surface area contributed by atoms with Crippen LogP contribution in [0.15, 0.2) is 47.8 Å². The smallest absolute Gasteiger partial charge is 0.229 e. The minimum Gasteiger partial charge on any atom is -0.381 e. The molecule has 142 valence electrons. The molecule has 1 aromatic carbocycles. The number of nitrogens with one attached hydrogen (secondary N) is 1. The summed E-state index contributed by atoms with van der Waals surface area (Å²) in [7, 11) is 0. The summed E-state index contributed by atoms with van der Waals surface area (Å²) in [4.78, 5) is 28.9. The average Bonchev–Trinajstić information content (AvgIpc) is 3.31. The van der Waals surface area contributed by atoms with Crippen molar-refractivity contribution in [3.63, 3.8) is 0 Å². The van der Waals surface area contributed by atoms with E-state index in [2.05, 4.69) is 5.32 Å². The number of nitrogens with zero attached hydrogens (tertiary/aromatic N) is 1. The quantitative estimate of drug-likeness (QED) is 0.881. The van der Waals surface area contributed by atoms with E-state index in [9.17, 15) is 9.59 Å². The summed E-state index contributed by atoms with van der Waals surface area (Å²) in [5.74, 6) is -0.0817. The monoisotopic (exact) mass is 384 g/mol. The normalized spacial score (nSPS) is 21.3. The third-order valence-corrected chi connectivity index (χ3v) is 6.63. The summed E-state index contributed by atoms with van der Waals surface area (Å²) in [6.45, 7) is 2.44. The second-order valence-electron chi connectivity index (χ2n) is 7.41. The average molecular weight is 385 g/mol. The highest BCUT2D eigenvalue weighted by Gasteiger charge is 2.51. The number of rotatable bonds is 4. The van der Waals surface area contributed by atoms with Crippen molar-refractivity contribution < 1.29 is 14.3 Å². The van der Waals surface area contributed by atoms with Crippen molar-refractivity contribution >= 4 is 28.8 Å². The molecule has 1 aromatic heterocycles. The van der Waals surface area contributed by atoms with Gasteiger partial charge in [-0.2, -0.15) is 0 Å². The van der Waals surface area contributed by atoms with Gasteiger partial charge in [0.05, 0.1) is 12.3 Å². The van der Waals surface area contributed by atoms with Gasteiger partial charge in [0, 0.05) is 42.3 Å². The molecule has 2 aliphatic heterocycles. The zero-order chi connectivity index (χ0) is 18.7. The number of thiophene rings is 1. The van der Waals surface area contributed by atoms with Crippen LogP contribution in [-0.4, -0.2) is 43.0 Å². The Kier molecular flexibility index (Phi) is 5.27. The van der Waals surface area contributed by atoms with Crippen molar-refractivity contribution in [1.82, 2.24) is 4.90 Å². The van der Waals surface area contributed by atoms with Gasteiger partial charge in [-0.3, -0.25) is 9.59 Å². The molecule has 0 radical (unpaired) electrons. The van der Waals surface area contributed by atoms with Gasteiger partial charge in [0.1, 0.15) is 0 Å². The van der Waals surface area contributed by atoms with Gasteiger partial charge in [0.25, 0.3) is 0 Å². The van der Waals surface area contributed by atoms with Crippen molar-refractivity contribution in [2.45, 2.75) is 19.3 Å². The van der Waals surface area contributed by atoms with E-state index in [0.717, 1.165) is 23.4 Å². The Hall–Kier alpha value is -2.18. The first-order chi connectivity index (χ1) is 13.2. The lowest BCUT2D eigenvalue weighted by molar-refractivity contribution is -0.130. The molecule has 1 N–H and O–H groups in total. The lowest BCUT2D eigenvalue weighted by atomic mass is 9.71. The summed E-state index contributed by atoms with van der Waals surface area (Å²) < 4.78 is 5.55. The molecule has 2 aliphatic rings. The standard InChI is InChI=1S/C21H24N2O3S/c24-19(13-17-7-4-12-27-17)23-14-18(21(15-23)8-10-26-11-9-21)20(25)22-16-5-2-1-3-6-16/h1-7,12,18H,8-11,13-15H2,(H,22,25)/t18-/m0/s1. The van der Waals surface area contributed by atoms with Gasteiger partial charge in [0.15, 0.2) is 0 Å². The second-order valence-corrected chi connectivity index (χ2v) is 8.45. The van der Waals surface area contributed by atoms with Crippen LogP contribution in [0.4, 0.5) is 5.69 Å². The number of carbonyl (C=O) groups is 2. The highest BCUT2D eigenvalue weighted by molar-refractivity contribution is 7.10. The molecule has 6 heteroatoms. The fraction of sp³-hybridized carbons (Fsp3) is 0.429. The Morgan fingerprint density at radius 1 is 1.15 bits per heavy atom. The number of para-hydroxylation sites is 1. The SMILES string of the molecule is O=C(Nc1ccccc1)[C@@H]1CN(C(=O)Cc2cccs2)CC12CCOCC2. The molecular weight excluding hydrogens is 360 g/mol. The van der Waals surface area contributed by atoms with Crippen LogP contribution in [0, 0.1) is 11.3 Å². The van der Waals surface area contributed by atoms with Crippen molar-refractivity contribution in [2.75, 3.05) is 31.6 Å². The largest absolute Gasteiger partial charge is 0.381 e. The van der Waals surface area contributed by atoms with Crippen molar-refractivity contribution in [3.05, 3.63) is 52.7 Å². The minimum atomic E-state index is -0.200. The first kappa shape index (κ1) is 18.2. The number of amides is 2. The maximum absolute atomic E-state index is 13.1. The molecule has 2 fully saturated rings. The van der Waals surface area contributed by atoms with E-state index in [4.69, 9.17) is 4.74 Å². The van der Waals surface area contributed by atoms with Gasteiger partial charge in [0.2, 0.25) is 11.8 Å². The van der Waals surface area contributed by atoms with Crippen LogP contribution in [-0.2, 0) is 20.7 Å². The number of ether oxygens (including phenoxy) is 1. The lowest BCUT2D eigenvalue weighted by Crippen LogP contribution is -2.42. The first-order valence-electron chi connectivity index (χ1n) is 9.40. The predicted molar refractivity (Wildman–Crippen MR) is 106 cm³/mol. The molecule has 1 atom stereocenters. The molecule has 0 unspecified atom stereocenters. The molecule has 0 saturated carbocycles. The van der Waals surface area contributed by atoms with Gasteiger partial charge >= 0.3 is 0 Å². The summed E-state index contributed by atoms with van der Waals surface area (Å²) in [6.07, 6.45) is 2.06. The van der Waals surface area contributed by atoms with Crippen LogP contribution < -0.4 is 5.32 Å². The maximum atomic E-state index is 13.1. The Labute approximate surface area is 163 Å². The van der Waals surface area contributed by atoms with Gasteiger partial charge in [-0.25, -0.2) is 0 Å². The summed E-state index contributed by atoms with van der Waals surface area (Å²) in [6, 6.07) is 13.5. The van der Waals surface area contributed by atoms with Crippen molar-refractivity contribution in [3.8, 4) is 0 Å². The Morgan fingerprint density at radius 2 is 1.93 bits per heavy atom. The summed E-state index contributed by atoms with van der Waals surface area (Å²) in [5.41, 5.74) is 0.621. The topological polar surface area (TPSA) is 58.6 Å². The number of hydrogen-bond donors (Lipinski definition) is 1. The van der Waals surface area contributed by atoms with Gasteiger partial charge in [-0.15, -0.1) is 11.3 Å². The zero-order valence-corrected chi connectivity index (χ0v) is 16.0. The number of likely N-dealkylation sites (tertiary alicyclic amines) is 1. The maximum Gasteiger partial charge on any atom is 0.229 e. The van der Waals surface area contributed by atoms with Crippen molar-refractivity contribution in [2.24, 2.45) is 11.3 Å². The molecule has 1 spiro atoms. The van der Waals surface area contributed by atoms with Crippen molar-refractivity contribution in [1.29, 1.82) is 0 Å². The highest BCUT2D eigenvalue weighted by atomic mass is 32.1. The first-order valence-corrected chi connectivity index (χ1v) is 10.3. The third kappa shape index (κ3) is 3.92. The van der Waals surface area contributed by atoms with Crippen LogP contribution in [0.1, 0.15) is 17.7 Å². The van der Waals surface area contributed by atoms with E-state index in [-0.39, 0.29) is 23.1 Å². The molecule has 4 rings (SSSR count). The molecule has 2 aromatic rings. The molecule has 27 heavy (non-hydrogen) atoms. The van der Waals surface area contributed by atoms with E-state index in [1.54, 1.807) is 11.3 Å². The van der Waals surface area contributed by atoms with Crippen LogP contribution in [0.25, 0.3) is 0 Å².